The third-order valence-electron chi connectivity index (χ3n) is 1.51. The fraction of sp³-hybridized carbons (Fsp3) is 0.625. The zero-order valence-electron chi connectivity index (χ0n) is 7.59. The average molecular weight is 209 g/mol. The lowest BCUT2D eigenvalue weighted by molar-refractivity contribution is -0.701. The Bertz CT molecular complexity index is 224. The smallest absolute Gasteiger partial charge is 0.244 e. The van der Waals surface area contributed by atoms with Crippen LogP contribution in [-0.4, -0.2) is 4.57 Å². The van der Waals surface area contributed by atoms with Crippen molar-refractivity contribution < 1.29 is 17.0 Å². The second-order valence-electron chi connectivity index (χ2n) is 3.27. The molecule has 0 saturated carbocycles. The second-order valence-corrected chi connectivity index (χ2v) is 3.66. The average Bonchev–Trinajstić information content (AvgIpc) is 2.10. The standard InChI is InChI=1S/C8H14ClN2.ClH/c1-7(2)4-11-5-8(9)10(3)6-11;/h5-7H,4H2,1-3H3;1H/q+1;/p-1. The topological polar surface area (TPSA) is 8.81 Å². The second kappa shape index (κ2) is 4.73. The summed E-state index contributed by atoms with van der Waals surface area (Å²) in [5, 5.41) is 0.783. The van der Waals surface area contributed by atoms with Gasteiger partial charge in [-0.1, -0.05) is 13.8 Å². The van der Waals surface area contributed by atoms with Gasteiger partial charge in [0.05, 0.1) is 13.6 Å². The van der Waals surface area contributed by atoms with Gasteiger partial charge < -0.3 is 12.4 Å². The van der Waals surface area contributed by atoms with Gasteiger partial charge in [0.25, 0.3) is 0 Å². The van der Waals surface area contributed by atoms with E-state index in [4.69, 9.17) is 11.6 Å². The number of aryl methyl sites for hydroxylation is 1. The fourth-order valence-corrected chi connectivity index (χ4v) is 1.23. The van der Waals surface area contributed by atoms with Crippen molar-refractivity contribution in [3.05, 3.63) is 17.7 Å². The van der Waals surface area contributed by atoms with Gasteiger partial charge in [0.2, 0.25) is 11.5 Å². The first-order chi connectivity index (χ1) is 5.09. The van der Waals surface area contributed by atoms with Crippen molar-refractivity contribution in [1.82, 2.24) is 4.57 Å². The molecule has 0 amide bonds. The van der Waals surface area contributed by atoms with E-state index in [1.165, 1.54) is 0 Å². The fourth-order valence-electron chi connectivity index (χ4n) is 1.06. The first kappa shape index (κ1) is 11.8. The Labute approximate surface area is 84.6 Å². The molecular weight excluding hydrogens is 195 g/mol. The predicted octanol–water partition coefficient (Wildman–Crippen LogP) is -1.37. The van der Waals surface area contributed by atoms with E-state index >= 15 is 0 Å². The lowest BCUT2D eigenvalue weighted by atomic mass is 10.2. The van der Waals surface area contributed by atoms with Crippen LogP contribution in [0.15, 0.2) is 12.5 Å². The molecule has 0 aromatic carbocycles. The van der Waals surface area contributed by atoms with E-state index in [2.05, 4.69) is 18.4 Å². The van der Waals surface area contributed by atoms with Crippen LogP contribution in [0.25, 0.3) is 0 Å². The van der Waals surface area contributed by atoms with E-state index in [1.807, 2.05) is 24.1 Å². The van der Waals surface area contributed by atoms with Gasteiger partial charge in [0.15, 0.2) is 0 Å². The van der Waals surface area contributed by atoms with Crippen LogP contribution in [0.2, 0.25) is 5.15 Å². The highest BCUT2D eigenvalue weighted by atomic mass is 35.5. The normalized spacial score (nSPS) is 10.1. The largest absolute Gasteiger partial charge is 1.00 e. The molecule has 0 unspecified atom stereocenters. The lowest BCUT2D eigenvalue weighted by Crippen LogP contribution is -3.00. The highest BCUT2D eigenvalue weighted by Crippen LogP contribution is 2.02. The van der Waals surface area contributed by atoms with Gasteiger partial charge >= 0.3 is 0 Å². The summed E-state index contributed by atoms with van der Waals surface area (Å²) in [5.74, 6) is 0.665. The Hall–Kier alpha value is -0.210. The molecular formula is C8H14Cl2N2. The molecule has 0 saturated heterocycles. The van der Waals surface area contributed by atoms with Gasteiger partial charge in [0.1, 0.15) is 6.20 Å². The molecule has 0 aliphatic rings. The van der Waals surface area contributed by atoms with Crippen molar-refractivity contribution in [2.24, 2.45) is 13.0 Å². The van der Waals surface area contributed by atoms with Crippen molar-refractivity contribution in [2.75, 3.05) is 0 Å². The quantitative estimate of drug-likeness (QED) is 0.531. The first-order valence-corrected chi connectivity index (χ1v) is 4.18. The summed E-state index contributed by atoms with van der Waals surface area (Å²) < 4.78 is 4.01. The van der Waals surface area contributed by atoms with Crippen LogP contribution in [0.4, 0.5) is 0 Å². The number of hydrogen-bond acceptors (Lipinski definition) is 0. The summed E-state index contributed by atoms with van der Waals surface area (Å²) in [4.78, 5) is 0. The minimum absolute atomic E-state index is 0. The molecule has 0 atom stereocenters. The van der Waals surface area contributed by atoms with E-state index in [0.29, 0.717) is 5.92 Å². The molecule has 0 N–H and O–H groups in total. The third kappa shape index (κ3) is 3.03. The maximum Gasteiger partial charge on any atom is 0.244 e. The molecule has 0 aliphatic carbocycles. The van der Waals surface area contributed by atoms with Crippen molar-refractivity contribution in [3.63, 3.8) is 0 Å². The lowest BCUT2D eigenvalue weighted by Gasteiger charge is -1.97. The highest BCUT2D eigenvalue weighted by Gasteiger charge is 2.07. The summed E-state index contributed by atoms with van der Waals surface area (Å²) in [6, 6.07) is 0. The Morgan fingerprint density at radius 1 is 1.58 bits per heavy atom. The Kier molecular flexibility index (Phi) is 4.64. The van der Waals surface area contributed by atoms with Gasteiger partial charge in [-0.05, 0) is 17.5 Å². The van der Waals surface area contributed by atoms with Crippen LogP contribution >= 0.6 is 11.6 Å². The third-order valence-corrected chi connectivity index (χ3v) is 1.87. The molecule has 1 rings (SSSR count). The number of imidazole rings is 1. The Balaban J connectivity index is 0.00000121. The zero-order valence-corrected chi connectivity index (χ0v) is 9.10. The highest BCUT2D eigenvalue weighted by molar-refractivity contribution is 6.29. The number of rotatable bonds is 2. The molecule has 0 aliphatic heterocycles. The van der Waals surface area contributed by atoms with Crippen LogP contribution in [0.5, 0.6) is 0 Å². The molecule has 1 heterocycles. The molecule has 4 heteroatoms. The molecule has 1 aromatic heterocycles. The monoisotopic (exact) mass is 208 g/mol. The molecule has 70 valence electrons. The van der Waals surface area contributed by atoms with Gasteiger partial charge in [-0.3, -0.25) is 0 Å². The Morgan fingerprint density at radius 3 is 2.50 bits per heavy atom. The molecule has 2 nitrogen and oxygen atoms in total. The number of aromatic nitrogens is 2. The molecule has 0 radical (unpaired) electrons. The van der Waals surface area contributed by atoms with Gasteiger partial charge in [-0.25, -0.2) is 9.13 Å². The summed E-state index contributed by atoms with van der Waals surface area (Å²) in [5.41, 5.74) is 0. The van der Waals surface area contributed by atoms with E-state index in [1.54, 1.807) is 0 Å². The van der Waals surface area contributed by atoms with E-state index < -0.39 is 0 Å². The SMILES string of the molecule is CC(C)C[n+]1cc(Cl)n(C)c1.[Cl-]. The van der Waals surface area contributed by atoms with Crippen LogP contribution in [0.3, 0.4) is 0 Å². The molecule has 1 aromatic rings. The number of halogens is 2. The minimum Gasteiger partial charge on any atom is -1.00 e. The molecule has 0 bridgehead atoms. The van der Waals surface area contributed by atoms with E-state index in [0.717, 1.165) is 11.7 Å². The molecule has 0 spiro atoms. The minimum atomic E-state index is 0. The van der Waals surface area contributed by atoms with Gasteiger partial charge in [-0.15, -0.1) is 0 Å². The summed E-state index contributed by atoms with van der Waals surface area (Å²) >= 11 is 5.85. The maximum atomic E-state index is 5.85. The van der Waals surface area contributed by atoms with Crippen molar-refractivity contribution >= 4 is 11.6 Å². The molecule has 12 heavy (non-hydrogen) atoms. The molecule has 0 fully saturated rings. The van der Waals surface area contributed by atoms with Crippen molar-refractivity contribution in [2.45, 2.75) is 20.4 Å². The zero-order chi connectivity index (χ0) is 8.43. The summed E-state index contributed by atoms with van der Waals surface area (Å²) in [6.07, 6.45) is 3.95. The van der Waals surface area contributed by atoms with E-state index in [9.17, 15) is 0 Å². The predicted molar refractivity (Wildman–Crippen MR) is 45.5 cm³/mol. The van der Waals surface area contributed by atoms with Crippen LogP contribution < -0.4 is 17.0 Å². The van der Waals surface area contributed by atoms with Crippen LogP contribution in [0, 0.1) is 5.92 Å². The van der Waals surface area contributed by atoms with Crippen molar-refractivity contribution in [3.8, 4) is 0 Å². The summed E-state index contributed by atoms with van der Waals surface area (Å²) in [6.45, 7) is 5.41. The van der Waals surface area contributed by atoms with Crippen molar-refractivity contribution in [1.29, 1.82) is 0 Å². The van der Waals surface area contributed by atoms with Crippen LogP contribution in [-0.2, 0) is 13.6 Å². The number of hydrogen-bond donors (Lipinski definition) is 0. The Morgan fingerprint density at radius 2 is 2.17 bits per heavy atom. The number of nitrogens with zero attached hydrogens (tertiary/aromatic N) is 2. The maximum absolute atomic E-state index is 5.85. The van der Waals surface area contributed by atoms with Crippen LogP contribution in [0.1, 0.15) is 13.8 Å². The van der Waals surface area contributed by atoms with E-state index in [-0.39, 0.29) is 12.4 Å². The van der Waals surface area contributed by atoms with Gasteiger partial charge in [0, 0.05) is 0 Å². The first-order valence-electron chi connectivity index (χ1n) is 3.80. The summed E-state index contributed by atoms with van der Waals surface area (Å²) in [7, 11) is 1.94. The van der Waals surface area contributed by atoms with Gasteiger partial charge in [-0.2, -0.15) is 0 Å².